The van der Waals surface area contributed by atoms with E-state index < -0.39 is 0 Å². The molecule has 18 heavy (non-hydrogen) atoms. The van der Waals surface area contributed by atoms with Gasteiger partial charge in [-0.15, -0.1) is 0 Å². The number of nitrogens with one attached hydrogen (secondary N) is 2. The van der Waals surface area contributed by atoms with Crippen molar-refractivity contribution in [3.63, 3.8) is 0 Å². The molecular formula is C12H12N6. The number of aromatic amines is 1. The molecule has 6 heteroatoms. The molecule has 0 spiro atoms. The largest absolute Gasteiger partial charge is 0.357 e. The highest BCUT2D eigenvalue weighted by Crippen LogP contribution is 2.25. The monoisotopic (exact) mass is 240 g/mol. The Morgan fingerprint density at radius 1 is 1.17 bits per heavy atom. The van der Waals surface area contributed by atoms with Crippen LogP contribution in [0.25, 0.3) is 22.3 Å². The van der Waals surface area contributed by atoms with E-state index in [-0.39, 0.29) is 0 Å². The van der Waals surface area contributed by atoms with E-state index in [0.29, 0.717) is 11.6 Å². The third kappa shape index (κ3) is 1.67. The van der Waals surface area contributed by atoms with Crippen LogP contribution in [0, 0.1) is 6.92 Å². The van der Waals surface area contributed by atoms with E-state index in [0.717, 1.165) is 22.2 Å². The van der Waals surface area contributed by atoms with Crippen molar-refractivity contribution in [3.8, 4) is 11.3 Å². The zero-order valence-corrected chi connectivity index (χ0v) is 10.1. The molecule has 0 atom stereocenters. The number of pyridine rings is 1. The quantitative estimate of drug-likeness (QED) is 0.713. The van der Waals surface area contributed by atoms with Gasteiger partial charge in [-0.25, -0.2) is 4.98 Å². The van der Waals surface area contributed by atoms with Gasteiger partial charge in [0.25, 0.3) is 0 Å². The highest BCUT2D eigenvalue weighted by Gasteiger charge is 2.11. The van der Waals surface area contributed by atoms with Crippen LogP contribution in [0.4, 0.5) is 5.95 Å². The smallest absolute Gasteiger partial charge is 0.225 e. The molecule has 0 amide bonds. The van der Waals surface area contributed by atoms with Crippen molar-refractivity contribution in [2.75, 3.05) is 12.4 Å². The molecule has 0 aromatic carbocycles. The van der Waals surface area contributed by atoms with Crippen LogP contribution in [-0.2, 0) is 0 Å². The van der Waals surface area contributed by atoms with E-state index in [4.69, 9.17) is 0 Å². The summed E-state index contributed by atoms with van der Waals surface area (Å²) in [7, 11) is 1.79. The highest BCUT2D eigenvalue weighted by molar-refractivity contribution is 5.90. The average molecular weight is 240 g/mol. The van der Waals surface area contributed by atoms with Gasteiger partial charge in [-0.3, -0.25) is 10.1 Å². The van der Waals surface area contributed by atoms with Gasteiger partial charge < -0.3 is 5.32 Å². The van der Waals surface area contributed by atoms with Gasteiger partial charge >= 0.3 is 0 Å². The number of anilines is 1. The maximum Gasteiger partial charge on any atom is 0.225 e. The van der Waals surface area contributed by atoms with Crippen LogP contribution in [0.1, 0.15) is 5.56 Å². The Labute approximate surface area is 104 Å². The van der Waals surface area contributed by atoms with E-state index in [1.807, 2.05) is 19.2 Å². The third-order valence-electron chi connectivity index (χ3n) is 2.68. The Hall–Kier alpha value is -2.50. The Balaban J connectivity index is 2.29. The van der Waals surface area contributed by atoms with Crippen molar-refractivity contribution in [1.29, 1.82) is 0 Å². The average Bonchev–Trinajstić information content (AvgIpc) is 2.85. The van der Waals surface area contributed by atoms with Crippen LogP contribution >= 0.6 is 0 Å². The second kappa shape index (κ2) is 4.06. The van der Waals surface area contributed by atoms with E-state index in [1.54, 1.807) is 19.4 Å². The zero-order valence-electron chi connectivity index (χ0n) is 10.1. The van der Waals surface area contributed by atoms with Crippen molar-refractivity contribution in [2.45, 2.75) is 6.92 Å². The molecule has 0 unspecified atom stereocenters. The maximum atomic E-state index is 4.48. The first-order valence-corrected chi connectivity index (χ1v) is 5.59. The summed E-state index contributed by atoms with van der Waals surface area (Å²) in [6.07, 6.45) is 5.34. The fraction of sp³-hybridized carbons (Fsp3) is 0.167. The standard InChI is InChI=1S/C12H12N6/c1-7-3-8(5-14-4-7)10-9-6-15-18-11(9)17-12(13-2)16-10/h3-6H,1-2H3,(H2,13,15,16,17,18). The summed E-state index contributed by atoms with van der Waals surface area (Å²) in [5.41, 5.74) is 3.59. The molecule has 0 aliphatic heterocycles. The first-order valence-electron chi connectivity index (χ1n) is 5.59. The van der Waals surface area contributed by atoms with Crippen LogP contribution in [0.15, 0.2) is 24.7 Å². The molecule has 6 nitrogen and oxygen atoms in total. The lowest BCUT2D eigenvalue weighted by molar-refractivity contribution is 1.09. The van der Waals surface area contributed by atoms with Crippen LogP contribution < -0.4 is 5.32 Å². The molecule has 3 heterocycles. The number of hydrogen-bond acceptors (Lipinski definition) is 5. The van der Waals surface area contributed by atoms with E-state index in [1.165, 1.54) is 0 Å². The van der Waals surface area contributed by atoms with Gasteiger partial charge in [0, 0.05) is 25.0 Å². The lowest BCUT2D eigenvalue weighted by atomic mass is 10.1. The van der Waals surface area contributed by atoms with Crippen LogP contribution in [0.5, 0.6) is 0 Å². The summed E-state index contributed by atoms with van der Waals surface area (Å²) < 4.78 is 0. The predicted octanol–water partition coefficient (Wildman–Crippen LogP) is 1.77. The highest BCUT2D eigenvalue weighted by atomic mass is 15.2. The molecule has 0 bridgehead atoms. The minimum Gasteiger partial charge on any atom is -0.357 e. The lowest BCUT2D eigenvalue weighted by Gasteiger charge is -2.05. The van der Waals surface area contributed by atoms with E-state index in [2.05, 4.69) is 30.5 Å². The molecule has 0 fully saturated rings. The number of fused-ring (bicyclic) bond motifs is 1. The van der Waals surface area contributed by atoms with Crippen molar-refractivity contribution < 1.29 is 0 Å². The van der Waals surface area contributed by atoms with Gasteiger partial charge in [-0.2, -0.15) is 10.1 Å². The Kier molecular flexibility index (Phi) is 2.40. The molecule has 0 radical (unpaired) electrons. The van der Waals surface area contributed by atoms with Gasteiger partial charge in [-0.05, 0) is 18.6 Å². The molecular weight excluding hydrogens is 228 g/mol. The second-order valence-corrected chi connectivity index (χ2v) is 4.03. The summed E-state index contributed by atoms with van der Waals surface area (Å²) >= 11 is 0. The normalized spacial score (nSPS) is 10.8. The van der Waals surface area contributed by atoms with Gasteiger partial charge in [0.2, 0.25) is 5.95 Å². The summed E-state index contributed by atoms with van der Waals surface area (Å²) in [5, 5.41) is 10.7. The summed E-state index contributed by atoms with van der Waals surface area (Å²) in [6, 6.07) is 2.04. The number of nitrogens with zero attached hydrogens (tertiary/aromatic N) is 4. The number of aromatic nitrogens is 5. The van der Waals surface area contributed by atoms with Gasteiger partial charge in [-0.1, -0.05) is 0 Å². The summed E-state index contributed by atoms with van der Waals surface area (Å²) in [5.74, 6) is 0.559. The van der Waals surface area contributed by atoms with Gasteiger partial charge in [0.15, 0.2) is 5.65 Å². The molecule has 3 rings (SSSR count). The fourth-order valence-electron chi connectivity index (χ4n) is 1.85. The van der Waals surface area contributed by atoms with Crippen molar-refractivity contribution in [1.82, 2.24) is 25.1 Å². The fourth-order valence-corrected chi connectivity index (χ4v) is 1.85. The topological polar surface area (TPSA) is 79.4 Å². The number of rotatable bonds is 2. The summed E-state index contributed by atoms with van der Waals surface area (Å²) in [6.45, 7) is 2.00. The van der Waals surface area contributed by atoms with Crippen molar-refractivity contribution >= 4 is 17.0 Å². The molecule has 0 aliphatic rings. The summed E-state index contributed by atoms with van der Waals surface area (Å²) in [4.78, 5) is 13.0. The molecule has 2 N–H and O–H groups in total. The Morgan fingerprint density at radius 2 is 2.06 bits per heavy atom. The first-order chi connectivity index (χ1) is 8.78. The molecule has 0 saturated heterocycles. The van der Waals surface area contributed by atoms with Crippen molar-refractivity contribution in [2.24, 2.45) is 0 Å². The van der Waals surface area contributed by atoms with Gasteiger partial charge in [0.1, 0.15) is 0 Å². The Bertz CT molecular complexity index is 703. The Morgan fingerprint density at radius 3 is 2.83 bits per heavy atom. The minimum atomic E-state index is 0.559. The third-order valence-corrected chi connectivity index (χ3v) is 2.68. The van der Waals surface area contributed by atoms with Crippen LogP contribution in [-0.4, -0.2) is 32.2 Å². The maximum absolute atomic E-state index is 4.48. The first kappa shape index (κ1) is 10.6. The van der Waals surface area contributed by atoms with E-state index in [9.17, 15) is 0 Å². The molecule has 90 valence electrons. The number of aryl methyl sites for hydroxylation is 1. The molecule has 3 aromatic heterocycles. The van der Waals surface area contributed by atoms with Crippen molar-refractivity contribution in [3.05, 3.63) is 30.2 Å². The predicted molar refractivity (Wildman–Crippen MR) is 69.2 cm³/mol. The molecule has 3 aromatic rings. The lowest BCUT2D eigenvalue weighted by Crippen LogP contribution is -1.98. The zero-order chi connectivity index (χ0) is 12.5. The number of hydrogen-bond donors (Lipinski definition) is 2. The number of H-pyrrole nitrogens is 1. The van der Waals surface area contributed by atoms with Crippen LogP contribution in [0.2, 0.25) is 0 Å². The minimum absolute atomic E-state index is 0.559. The molecule has 0 saturated carbocycles. The molecule has 0 aliphatic carbocycles. The SMILES string of the molecule is CNc1nc(-c2cncc(C)c2)c2cn[nH]c2n1. The second-order valence-electron chi connectivity index (χ2n) is 4.03. The van der Waals surface area contributed by atoms with Gasteiger partial charge in [0.05, 0.1) is 17.3 Å². The van der Waals surface area contributed by atoms with Crippen LogP contribution in [0.3, 0.4) is 0 Å². The van der Waals surface area contributed by atoms with E-state index >= 15 is 0 Å².